The summed E-state index contributed by atoms with van der Waals surface area (Å²) in [6, 6.07) is 11.0. The molecule has 0 saturated carbocycles. The number of aromatic nitrogens is 2. The van der Waals surface area contributed by atoms with Crippen molar-refractivity contribution in [1.29, 1.82) is 0 Å². The maximum atomic E-state index is 13.2. The Labute approximate surface area is 165 Å². The second kappa shape index (κ2) is 7.66. The van der Waals surface area contributed by atoms with E-state index in [9.17, 15) is 4.79 Å². The Balaban J connectivity index is 1.30. The zero-order chi connectivity index (χ0) is 18.9. The number of fused-ring (bicyclic) bond motifs is 2. The molecule has 0 aliphatic carbocycles. The number of hydrogen-bond acceptors (Lipinski definition) is 5. The third-order valence-corrected chi connectivity index (χ3v) is 6.62. The van der Waals surface area contributed by atoms with E-state index in [1.54, 1.807) is 0 Å². The van der Waals surface area contributed by atoms with Crippen LogP contribution in [0.5, 0.6) is 0 Å². The average Bonchev–Trinajstić information content (AvgIpc) is 3.35. The van der Waals surface area contributed by atoms with Gasteiger partial charge < -0.3 is 14.7 Å². The molecule has 28 heavy (non-hydrogen) atoms. The van der Waals surface area contributed by atoms with Gasteiger partial charge in [0.05, 0.1) is 0 Å². The van der Waals surface area contributed by atoms with Gasteiger partial charge in [-0.05, 0) is 50.9 Å². The Morgan fingerprint density at radius 2 is 1.89 bits per heavy atom. The monoisotopic (exact) mass is 380 g/mol. The molecule has 1 N–H and O–H groups in total. The first-order valence-corrected chi connectivity index (χ1v) is 10.7. The summed E-state index contributed by atoms with van der Waals surface area (Å²) in [5.41, 5.74) is 0.941. The van der Waals surface area contributed by atoms with Crippen LogP contribution in [0.15, 0.2) is 34.9 Å². The molecular weight excluding hydrogens is 352 g/mol. The lowest BCUT2D eigenvalue weighted by Crippen LogP contribution is -2.42. The molecule has 2 aromatic rings. The van der Waals surface area contributed by atoms with Crippen molar-refractivity contribution < 1.29 is 9.32 Å². The summed E-state index contributed by atoms with van der Waals surface area (Å²) in [6.07, 6.45) is 8.52. The molecule has 3 unspecified atom stereocenters. The summed E-state index contributed by atoms with van der Waals surface area (Å²) in [5.74, 6) is 1.95. The highest BCUT2D eigenvalue weighted by molar-refractivity contribution is 5.77. The summed E-state index contributed by atoms with van der Waals surface area (Å²) in [4.78, 5) is 19.8. The molecule has 4 heterocycles. The molecule has 148 valence electrons. The quantitative estimate of drug-likeness (QED) is 0.875. The third kappa shape index (κ3) is 3.58. The van der Waals surface area contributed by atoms with Crippen LogP contribution in [0, 0.1) is 5.92 Å². The number of hydrogen-bond donors (Lipinski definition) is 1. The summed E-state index contributed by atoms with van der Waals surface area (Å²) < 4.78 is 5.61. The highest BCUT2D eigenvalue weighted by Crippen LogP contribution is 2.36. The number of piperidine rings is 2. The molecule has 1 aromatic heterocycles. The number of amides is 1. The van der Waals surface area contributed by atoms with Gasteiger partial charge in [-0.2, -0.15) is 4.98 Å². The van der Waals surface area contributed by atoms with Gasteiger partial charge in [0.15, 0.2) is 0 Å². The van der Waals surface area contributed by atoms with Crippen molar-refractivity contribution >= 4 is 5.91 Å². The summed E-state index contributed by atoms with van der Waals surface area (Å²) in [7, 11) is 0. The van der Waals surface area contributed by atoms with Crippen LogP contribution in [0.4, 0.5) is 0 Å². The molecule has 1 aromatic carbocycles. The van der Waals surface area contributed by atoms with Crippen LogP contribution in [0.25, 0.3) is 11.4 Å². The largest absolute Gasteiger partial charge is 0.337 e. The standard InChI is InChI=1S/C22H28N4O2/c27-20(14-15-12-17-9-10-18(13-15)23-17)26-11-5-4-8-19(26)22-24-21(25-28-22)16-6-2-1-3-7-16/h1-3,6-7,15,17-19,23H,4-5,8-14H2. The lowest BCUT2D eigenvalue weighted by Gasteiger charge is -2.36. The van der Waals surface area contributed by atoms with E-state index in [-0.39, 0.29) is 11.9 Å². The summed E-state index contributed by atoms with van der Waals surface area (Å²) in [5, 5.41) is 7.83. The number of nitrogens with zero attached hydrogens (tertiary/aromatic N) is 3. The van der Waals surface area contributed by atoms with Crippen molar-refractivity contribution in [2.24, 2.45) is 5.92 Å². The molecule has 2 bridgehead atoms. The molecule has 6 heteroatoms. The fourth-order valence-electron chi connectivity index (χ4n) is 5.27. The molecule has 6 nitrogen and oxygen atoms in total. The van der Waals surface area contributed by atoms with Crippen molar-refractivity contribution in [1.82, 2.24) is 20.4 Å². The van der Waals surface area contributed by atoms with E-state index in [4.69, 9.17) is 4.52 Å². The number of carbonyl (C=O) groups is 1. The van der Waals surface area contributed by atoms with Crippen molar-refractivity contribution in [3.63, 3.8) is 0 Å². The minimum atomic E-state index is -0.0790. The molecule has 3 saturated heterocycles. The molecule has 5 rings (SSSR count). The number of nitrogens with one attached hydrogen (secondary N) is 1. The fraction of sp³-hybridized carbons (Fsp3) is 0.591. The minimum Gasteiger partial charge on any atom is -0.337 e. The second-order valence-electron chi connectivity index (χ2n) is 8.60. The normalized spacial score (nSPS) is 29.8. The van der Waals surface area contributed by atoms with E-state index in [0.717, 1.165) is 44.2 Å². The van der Waals surface area contributed by atoms with Gasteiger partial charge in [0.2, 0.25) is 17.6 Å². The van der Waals surface area contributed by atoms with Gasteiger partial charge in [-0.15, -0.1) is 0 Å². The van der Waals surface area contributed by atoms with Crippen LogP contribution in [-0.4, -0.2) is 39.6 Å². The first kappa shape index (κ1) is 17.9. The molecule has 3 fully saturated rings. The zero-order valence-corrected chi connectivity index (χ0v) is 16.2. The second-order valence-corrected chi connectivity index (χ2v) is 8.60. The van der Waals surface area contributed by atoms with E-state index in [1.165, 1.54) is 12.8 Å². The van der Waals surface area contributed by atoms with Gasteiger partial charge in [-0.3, -0.25) is 4.79 Å². The predicted molar refractivity (Wildman–Crippen MR) is 105 cm³/mol. The van der Waals surface area contributed by atoms with Crippen LogP contribution >= 0.6 is 0 Å². The summed E-state index contributed by atoms with van der Waals surface area (Å²) in [6.45, 7) is 0.796. The van der Waals surface area contributed by atoms with E-state index >= 15 is 0 Å². The topological polar surface area (TPSA) is 71.3 Å². The van der Waals surface area contributed by atoms with Crippen LogP contribution in [0.1, 0.15) is 63.3 Å². The number of benzene rings is 1. The van der Waals surface area contributed by atoms with E-state index in [1.807, 2.05) is 35.2 Å². The highest BCUT2D eigenvalue weighted by Gasteiger charge is 2.37. The van der Waals surface area contributed by atoms with Gasteiger partial charge in [0.1, 0.15) is 6.04 Å². The van der Waals surface area contributed by atoms with E-state index in [0.29, 0.717) is 36.1 Å². The van der Waals surface area contributed by atoms with Crippen LogP contribution in [0.2, 0.25) is 0 Å². The molecular formula is C22H28N4O2. The van der Waals surface area contributed by atoms with E-state index in [2.05, 4.69) is 15.5 Å². The molecule has 1 amide bonds. The van der Waals surface area contributed by atoms with Crippen LogP contribution < -0.4 is 5.32 Å². The van der Waals surface area contributed by atoms with Gasteiger partial charge in [-0.25, -0.2) is 0 Å². The molecule has 0 radical (unpaired) electrons. The zero-order valence-electron chi connectivity index (χ0n) is 16.2. The van der Waals surface area contributed by atoms with Crippen molar-refractivity contribution in [2.75, 3.05) is 6.54 Å². The van der Waals surface area contributed by atoms with Crippen molar-refractivity contribution in [2.45, 2.75) is 69.5 Å². The Morgan fingerprint density at radius 3 is 2.68 bits per heavy atom. The highest BCUT2D eigenvalue weighted by atomic mass is 16.5. The number of rotatable bonds is 4. The van der Waals surface area contributed by atoms with Crippen molar-refractivity contribution in [3.8, 4) is 11.4 Å². The van der Waals surface area contributed by atoms with Gasteiger partial charge >= 0.3 is 0 Å². The van der Waals surface area contributed by atoms with Crippen molar-refractivity contribution in [3.05, 3.63) is 36.2 Å². The van der Waals surface area contributed by atoms with Gasteiger partial charge in [0, 0.05) is 30.6 Å². The Hall–Kier alpha value is -2.21. The lowest BCUT2D eigenvalue weighted by molar-refractivity contribution is -0.137. The Kier molecular flexibility index (Phi) is 4.89. The smallest absolute Gasteiger partial charge is 0.249 e. The SMILES string of the molecule is O=C(CC1CC2CCC(C1)N2)N1CCCCC1c1nc(-c2ccccc2)no1. The molecule has 3 atom stereocenters. The first-order chi connectivity index (χ1) is 13.8. The lowest BCUT2D eigenvalue weighted by atomic mass is 9.88. The minimum absolute atomic E-state index is 0.0790. The maximum Gasteiger partial charge on any atom is 0.249 e. The molecule has 0 spiro atoms. The maximum absolute atomic E-state index is 13.2. The number of carbonyl (C=O) groups excluding carboxylic acids is 1. The number of likely N-dealkylation sites (tertiary alicyclic amines) is 1. The Bertz CT molecular complexity index is 809. The molecule has 3 aliphatic rings. The van der Waals surface area contributed by atoms with Gasteiger partial charge in [0.25, 0.3) is 0 Å². The Morgan fingerprint density at radius 1 is 1.11 bits per heavy atom. The predicted octanol–water partition coefficient (Wildman–Crippen LogP) is 3.71. The molecule has 3 aliphatic heterocycles. The fourth-order valence-corrected chi connectivity index (χ4v) is 5.27. The summed E-state index contributed by atoms with van der Waals surface area (Å²) >= 11 is 0. The van der Waals surface area contributed by atoms with Crippen LogP contribution in [0.3, 0.4) is 0 Å². The first-order valence-electron chi connectivity index (χ1n) is 10.7. The van der Waals surface area contributed by atoms with Crippen LogP contribution in [-0.2, 0) is 4.79 Å². The van der Waals surface area contributed by atoms with E-state index < -0.39 is 0 Å². The van der Waals surface area contributed by atoms with Gasteiger partial charge in [-0.1, -0.05) is 35.5 Å². The third-order valence-electron chi connectivity index (χ3n) is 6.62. The average molecular weight is 380 g/mol.